The third kappa shape index (κ3) is 6.74. The molecule has 1 aromatic carbocycles. The Hall–Kier alpha value is -1.39. The van der Waals surface area contributed by atoms with Gasteiger partial charge in [0.2, 0.25) is 10.0 Å². The van der Waals surface area contributed by atoms with Crippen molar-refractivity contribution in [3.63, 3.8) is 0 Å². The summed E-state index contributed by atoms with van der Waals surface area (Å²) in [4.78, 5) is 0.199. The van der Waals surface area contributed by atoms with Gasteiger partial charge >= 0.3 is 0 Å². The summed E-state index contributed by atoms with van der Waals surface area (Å²) >= 11 is 0. The van der Waals surface area contributed by atoms with Crippen LogP contribution in [-0.4, -0.2) is 40.4 Å². The van der Waals surface area contributed by atoms with Crippen molar-refractivity contribution in [2.45, 2.75) is 24.2 Å². The number of ether oxygens (including phenoxy) is 1. The first-order valence-electron chi connectivity index (χ1n) is 6.78. The monoisotopic (exact) mass is 311 g/mol. The third-order valence-corrected chi connectivity index (χ3v) is 4.14. The van der Waals surface area contributed by atoms with Crippen molar-refractivity contribution in [1.29, 1.82) is 0 Å². The Kier molecular flexibility index (Phi) is 8.01. The van der Waals surface area contributed by atoms with Crippen LogP contribution in [0.5, 0.6) is 0 Å². The zero-order valence-corrected chi connectivity index (χ0v) is 12.9. The van der Waals surface area contributed by atoms with Gasteiger partial charge in [0.25, 0.3) is 0 Å². The minimum atomic E-state index is -3.51. The molecular formula is C15H21NO4S. The van der Waals surface area contributed by atoms with Gasteiger partial charge < -0.3 is 9.84 Å². The number of unbranched alkanes of at least 4 members (excludes halogenated alkanes) is 1. The first-order valence-corrected chi connectivity index (χ1v) is 8.27. The van der Waals surface area contributed by atoms with E-state index in [0.717, 1.165) is 12.8 Å². The van der Waals surface area contributed by atoms with Gasteiger partial charge in [-0.15, -0.1) is 0 Å². The summed E-state index contributed by atoms with van der Waals surface area (Å²) in [5.41, 5.74) is 0.616. The van der Waals surface area contributed by atoms with E-state index in [2.05, 4.69) is 16.6 Å². The molecule has 0 saturated carbocycles. The zero-order chi connectivity index (χ0) is 15.6. The number of nitrogens with one attached hydrogen (secondary N) is 1. The van der Waals surface area contributed by atoms with Gasteiger partial charge in [0.1, 0.15) is 0 Å². The van der Waals surface area contributed by atoms with Crippen molar-refractivity contribution >= 4 is 10.0 Å². The predicted molar refractivity (Wildman–Crippen MR) is 81.3 cm³/mol. The zero-order valence-electron chi connectivity index (χ0n) is 12.1. The molecule has 0 heterocycles. The molecule has 21 heavy (non-hydrogen) atoms. The Morgan fingerprint density at radius 2 is 2.14 bits per heavy atom. The first-order chi connectivity index (χ1) is 10.1. The Bertz CT molecular complexity index is 587. The van der Waals surface area contributed by atoms with Gasteiger partial charge in [-0.1, -0.05) is 17.9 Å². The minimum absolute atomic E-state index is 0.00593. The highest BCUT2D eigenvalue weighted by molar-refractivity contribution is 7.89. The number of sulfonamides is 1. The molecule has 0 saturated heterocycles. The maximum absolute atomic E-state index is 12.1. The fraction of sp³-hybridized carbons (Fsp3) is 0.467. The highest BCUT2D eigenvalue weighted by Gasteiger charge is 2.13. The van der Waals surface area contributed by atoms with Crippen LogP contribution >= 0.6 is 0 Å². The Morgan fingerprint density at radius 1 is 1.33 bits per heavy atom. The number of hydrogen-bond acceptors (Lipinski definition) is 4. The SMILES string of the molecule is COCCCCNS(=O)(=O)c1cccc(C#CCCO)c1. The van der Waals surface area contributed by atoms with E-state index < -0.39 is 10.0 Å². The lowest BCUT2D eigenvalue weighted by atomic mass is 10.2. The molecular weight excluding hydrogens is 290 g/mol. The van der Waals surface area contributed by atoms with E-state index in [9.17, 15) is 8.42 Å². The summed E-state index contributed by atoms with van der Waals surface area (Å²) in [7, 11) is -1.89. The molecule has 0 amide bonds. The second-order valence-corrected chi connectivity index (χ2v) is 6.17. The number of rotatable bonds is 8. The lowest BCUT2D eigenvalue weighted by Crippen LogP contribution is -2.25. The molecule has 0 aliphatic carbocycles. The standard InChI is InChI=1S/C15H21NO4S/c1-20-12-5-3-10-16-21(18,19)15-9-6-8-14(13-15)7-2-4-11-17/h6,8-9,13,16-17H,3-5,10-12H2,1H3. The number of methoxy groups -OCH3 is 1. The Morgan fingerprint density at radius 3 is 2.86 bits per heavy atom. The maximum atomic E-state index is 12.1. The van der Waals surface area contributed by atoms with Crippen LogP contribution in [0.2, 0.25) is 0 Å². The summed E-state index contributed by atoms with van der Waals surface area (Å²) in [6, 6.07) is 6.46. The Labute approximate surface area is 126 Å². The number of hydrogen-bond donors (Lipinski definition) is 2. The molecule has 0 radical (unpaired) electrons. The average Bonchev–Trinajstić information content (AvgIpc) is 2.48. The molecule has 2 N–H and O–H groups in total. The second kappa shape index (κ2) is 9.53. The van der Waals surface area contributed by atoms with Crippen molar-refractivity contribution in [3.8, 4) is 11.8 Å². The van der Waals surface area contributed by atoms with Gasteiger partial charge in [0, 0.05) is 32.2 Å². The lowest BCUT2D eigenvalue weighted by molar-refractivity contribution is 0.193. The highest BCUT2D eigenvalue weighted by Crippen LogP contribution is 2.11. The lowest BCUT2D eigenvalue weighted by Gasteiger charge is -2.07. The fourth-order valence-electron chi connectivity index (χ4n) is 1.62. The molecule has 1 aromatic rings. The van der Waals surface area contributed by atoms with Crippen LogP contribution < -0.4 is 4.72 Å². The van der Waals surface area contributed by atoms with Crippen LogP contribution in [0.25, 0.3) is 0 Å². The van der Waals surface area contributed by atoms with Gasteiger partial charge in [0.05, 0.1) is 11.5 Å². The molecule has 1 rings (SSSR count). The molecule has 0 fully saturated rings. The van der Waals surface area contributed by atoms with Crippen LogP contribution in [-0.2, 0) is 14.8 Å². The van der Waals surface area contributed by atoms with E-state index in [1.165, 1.54) is 12.1 Å². The molecule has 6 heteroatoms. The molecule has 0 unspecified atom stereocenters. The third-order valence-electron chi connectivity index (χ3n) is 2.68. The molecule has 0 atom stereocenters. The number of aliphatic hydroxyl groups is 1. The number of benzene rings is 1. The molecule has 0 aliphatic rings. The van der Waals surface area contributed by atoms with Crippen LogP contribution in [0, 0.1) is 11.8 Å². The number of aliphatic hydroxyl groups excluding tert-OH is 1. The quantitative estimate of drug-likeness (QED) is 0.557. The van der Waals surface area contributed by atoms with Gasteiger partial charge in [0.15, 0.2) is 0 Å². The molecule has 0 bridgehead atoms. The molecule has 5 nitrogen and oxygen atoms in total. The van der Waals surface area contributed by atoms with Crippen LogP contribution in [0.4, 0.5) is 0 Å². The van der Waals surface area contributed by atoms with Crippen molar-refractivity contribution < 1.29 is 18.3 Å². The van der Waals surface area contributed by atoms with Gasteiger partial charge in [-0.3, -0.25) is 0 Å². The van der Waals surface area contributed by atoms with Crippen molar-refractivity contribution in [3.05, 3.63) is 29.8 Å². The summed E-state index contributed by atoms with van der Waals surface area (Å²) in [5.74, 6) is 5.59. The second-order valence-electron chi connectivity index (χ2n) is 4.40. The molecule has 116 valence electrons. The van der Waals surface area contributed by atoms with E-state index in [4.69, 9.17) is 9.84 Å². The van der Waals surface area contributed by atoms with E-state index >= 15 is 0 Å². The molecule has 0 spiro atoms. The summed E-state index contributed by atoms with van der Waals surface area (Å²) in [6.45, 7) is 0.998. The van der Waals surface area contributed by atoms with Crippen LogP contribution in [0.3, 0.4) is 0 Å². The van der Waals surface area contributed by atoms with E-state index in [1.54, 1.807) is 19.2 Å². The summed E-state index contributed by atoms with van der Waals surface area (Å²) in [6.07, 6.45) is 1.91. The average molecular weight is 311 g/mol. The summed E-state index contributed by atoms with van der Waals surface area (Å²) in [5, 5.41) is 8.67. The Balaban J connectivity index is 2.66. The molecule has 0 aliphatic heterocycles. The van der Waals surface area contributed by atoms with E-state index in [1.807, 2.05) is 0 Å². The largest absolute Gasteiger partial charge is 0.395 e. The van der Waals surface area contributed by atoms with Crippen molar-refractivity contribution in [2.75, 3.05) is 26.9 Å². The van der Waals surface area contributed by atoms with E-state index in [0.29, 0.717) is 25.1 Å². The summed E-state index contributed by atoms with van der Waals surface area (Å²) < 4.78 is 31.7. The van der Waals surface area contributed by atoms with Crippen molar-refractivity contribution in [2.24, 2.45) is 0 Å². The molecule has 0 aromatic heterocycles. The fourth-order valence-corrected chi connectivity index (χ4v) is 2.74. The minimum Gasteiger partial charge on any atom is -0.395 e. The van der Waals surface area contributed by atoms with Gasteiger partial charge in [-0.2, -0.15) is 0 Å². The van der Waals surface area contributed by atoms with Crippen LogP contribution in [0.15, 0.2) is 29.2 Å². The maximum Gasteiger partial charge on any atom is 0.240 e. The predicted octanol–water partition coefficient (Wildman–Crippen LogP) is 1.13. The highest BCUT2D eigenvalue weighted by atomic mass is 32.2. The first kappa shape index (κ1) is 17.7. The van der Waals surface area contributed by atoms with Gasteiger partial charge in [-0.05, 0) is 31.0 Å². The topological polar surface area (TPSA) is 75.6 Å². The smallest absolute Gasteiger partial charge is 0.240 e. The van der Waals surface area contributed by atoms with Crippen LogP contribution in [0.1, 0.15) is 24.8 Å². The van der Waals surface area contributed by atoms with Crippen molar-refractivity contribution in [1.82, 2.24) is 4.72 Å². The van der Waals surface area contributed by atoms with Gasteiger partial charge in [-0.25, -0.2) is 13.1 Å². The normalized spacial score (nSPS) is 11.0. The van der Waals surface area contributed by atoms with E-state index in [-0.39, 0.29) is 11.5 Å².